The molecule has 1 aromatic rings. The van der Waals surface area contributed by atoms with Gasteiger partial charge in [0.2, 0.25) is 11.8 Å². The second-order valence-electron chi connectivity index (χ2n) is 6.48. The fourth-order valence-electron chi connectivity index (χ4n) is 3.46. The highest BCUT2D eigenvalue weighted by atomic mass is 35.5. The zero-order chi connectivity index (χ0) is 18.1. The number of carboxylic acids is 1. The van der Waals surface area contributed by atoms with Gasteiger partial charge in [-0.05, 0) is 43.9 Å². The van der Waals surface area contributed by atoms with Crippen LogP contribution in [0, 0.1) is 17.7 Å². The predicted molar refractivity (Wildman–Crippen MR) is 88.8 cm³/mol. The van der Waals surface area contributed by atoms with Gasteiger partial charge in [0, 0.05) is 18.2 Å². The lowest BCUT2D eigenvalue weighted by molar-refractivity contribution is -0.141. The number of hydrogen-bond acceptors (Lipinski definition) is 3. The van der Waals surface area contributed by atoms with Gasteiger partial charge in [-0.3, -0.25) is 14.4 Å². The average Bonchev–Trinajstić information content (AvgIpc) is 3.19. The highest BCUT2D eigenvalue weighted by Gasteiger charge is 2.38. The number of carbonyl (C=O) groups excluding carboxylic acids is 2. The Hall–Kier alpha value is -2.15. The zero-order valence-electron chi connectivity index (χ0n) is 13.4. The maximum Gasteiger partial charge on any atom is 0.306 e. The van der Waals surface area contributed by atoms with Crippen LogP contribution in [0.1, 0.15) is 25.7 Å². The Balaban J connectivity index is 1.61. The van der Waals surface area contributed by atoms with Gasteiger partial charge in [0.15, 0.2) is 0 Å². The number of anilines is 1. The summed E-state index contributed by atoms with van der Waals surface area (Å²) in [6.07, 6.45) is 1.74. The molecular formula is C17H18ClFN2O4. The van der Waals surface area contributed by atoms with Crippen LogP contribution in [0.5, 0.6) is 0 Å². The van der Waals surface area contributed by atoms with Crippen LogP contribution >= 0.6 is 11.6 Å². The normalized spacial score (nSPS) is 26.1. The monoisotopic (exact) mass is 368 g/mol. The van der Waals surface area contributed by atoms with E-state index in [0.717, 1.165) is 0 Å². The molecule has 1 unspecified atom stereocenters. The molecule has 1 aliphatic carbocycles. The van der Waals surface area contributed by atoms with Crippen LogP contribution in [0.2, 0.25) is 5.02 Å². The van der Waals surface area contributed by atoms with Gasteiger partial charge in [0.25, 0.3) is 0 Å². The number of nitrogens with one attached hydrogen (secondary N) is 1. The lowest BCUT2D eigenvalue weighted by Crippen LogP contribution is -2.43. The molecule has 1 saturated heterocycles. The molecule has 25 heavy (non-hydrogen) atoms. The lowest BCUT2D eigenvalue weighted by Gasteiger charge is -2.18. The van der Waals surface area contributed by atoms with Gasteiger partial charge in [-0.25, -0.2) is 4.39 Å². The Morgan fingerprint density at radius 2 is 1.96 bits per heavy atom. The van der Waals surface area contributed by atoms with Gasteiger partial charge < -0.3 is 15.3 Å². The molecule has 3 atom stereocenters. The number of rotatable bonds is 4. The number of nitrogens with zero attached hydrogens (tertiary/aromatic N) is 1. The topological polar surface area (TPSA) is 86.7 Å². The third kappa shape index (κ3) is 3.61. The molecule has 0 bridgehead atoms. The molecule has 2 fully saturated rings. The molecule has 134 valence electrons. The summed E-state index contributed by atoms with van der Waals surface area (Å²) in [4.78, 5) is 37.3. The Labute approximate surface area is 148 Å². The first-order chi connectivity index (χ1) is 11.9. The number of carboxylic acid groups (broad SMARTS) is 1. The molecule has 2 N–H and O–H groups in total. The Morgan fingerprint density at radius 3 is 2.60 bits per heavy atom. The van der Waals surface area contributed by atoms with Gasteiger partial charge in [-0.15, -0.1) is 0 Å². The van der Waals surface area contributed by atoms with E-state index in [0.29, 0.717) is 37.9 Å². The summed E-state index contributed by atoms with van der Waals surface area (Å²) in [5.41, 5.74) is 0.486. The SMILES string of the molecule is O=C(O)[C@@H]1CC[C@H](C(=O)NC2CCN(c3ccc(F)c(Cl)c3)C2=O)C1. The minimum Gasteiger partial charge on any atom is -0.481 e. The Morgan fingerprint density at radius 1 is 1.24 bits per heavy atom. The summed E-state index contributed by atoms with van der Waals surface area (Å²) in [5.74, 6) is -2.86. The maximum absolute atomic E-state index is 13.3. The van der Waals surface area contributed by atoms with Crippen molar-refractivity contribution in [3.8, 4) is 0 Å². The number of carbonyl (C=O) groups is 3. The molecule has 2 aliphatic rings. The largest absolute Gasteiger partial charge is 0.481 e. The molecule has 8 heteroatoms. The van der Waals surface area contributed by atoms with E-state index < -0.39 is 23.7 Å². The van der Waals surface area contributed by atoms with Crippen LogP contribution < -0.4 is 10.2 Å². The number of amides is 2. The number of hydrogen-bond donors (Lipinski definition) is 2. The van der Waals surface area contributed by atoms with Crippen LogP contribution in [0.3, 0.4) is 0 Å². The van der Waals surface area contributed by atoms with Crippen LogP contribution in [0.25, 0.3) is 0 Å². The summed E-state index contributed by atoms with van der Waals surface area (Å²) in [7, 11) is 0. The van der Waals surface area contributed by atoms with E-state index in [1.807, 2.05) is 0 Å². The van der Waals surface area contributed by atoms with Gasteiger partial charge in [0.1, 0.15) is 11.9 Å². The van der Waals surface area contributed by atoms with Crippen molar-refractivity contribution in [2.45, 2.75) is 31.7 Å². The van der Waals surface area contributed by atoms with Crippen LogP contribution in [0.15, 0.2) is 18.2 Å². The van der Waals surface area contributed by atoms with Crippen molar-refractivity contribution in [2.75, 3.05) is 11.4 Å². The van der Waals surface area contributed by atoms with Crippen molar-refractivity contribution in [2.24, 2.45) is 11.8 Å². The minimum absolute atomic E-state index is 0.0662. The summed E-state index contributed by atoms with van der Waals surface area (Å²) in [6.45, 7) is 0.397. The van der Waals surface area contributed by atoms with Gasteiger partial charge in [0.05, 0.1) is 10.9 Å². The fraction of sp³-hybridized carbons (Fsp3) is 0.471. The van der Waals surface area contributed by atoms with E-state index in [1.54, 1.807) is 0 Å². The molecule has 0 radical (unpaired) electrons. The highest BCUT2D eigenvalue weighted by molar-refractivity contribution is 6.31. The van der Waals surface area contributed by atoms with Crippen LogP contribution in [0.4, 0.5) is 10.1 Å². The molecule has 0 spiro atoms. The smallest absolute Gasteiger partial charge is 0.306 e. The first-order valence-electron chi connectivity index (χ1n) is 8.16. The molecular weight excluding hydrogens is 351 g/mol. The second-order valence-corrected chi connectivity index (χ2v) is 6.89. The molecule has 2 amide bonds. The van der Waals surface area contributed by atoms with Crippen molar-refractivity contribution in [1.82, 2.24) is 5.32 Å². The number of benzene rings is 1. The van der Waals surface area contributed by atoms with Crippen molar-refractivity contribution >= 4 is 35.1 Å². The second kappa shape index (κ2) is 7.00. The Bertz CT molecular complexity index is 727. The molecule has 3 rings (SSSR count). The van der Waals surface area contributed by atoms with Crippen LogP contribution in [-0.2, 0) is 14.4 Å². The quantitative estimate of drug-likeness (QED) is 0.853. The van der Waals surface area contributed by atoms with E-state index in [2.05, 4.69) is 5.32 Å². The van der Waals surface area contributed by atoms with E-state index in [-0.39, 0.29) is 22.8 Å². The van der Waals surface area contributed by atoms with E-state index >= 15 is 0 Å². The van der Waals surface area contributed by atoms with Crippen molar-refractivity contribution < 1.29 is 23.9 Å². The maximum atomic E-state index is 13.3. The van der Waals surface area contributed by atoms with Gasteiger partial charge in [-0.2, -0.15) is 0 Å². The fourth-order valence-corrected chi connectivity index (χ4v) is 3.63. The summed E-state index contributed by atoms with van der Waals surface area (Å²) in [5, 5.41) is 11.7. The van der Waals surface area contributed by atoms with E-state index in [1.165, 1.54) is 23.1 Å². The van der Waals surface area contributed by atoms with Crippen molar-refractivity contribution in [1.29, 1.82) is 0 Å². The third-order valence-electron chi connectivity index (χ3n) is 4.89. The molecule has 0 aromatic heterocycles. The Kier molecular flexibility index (Phi) is 4.94. The molecule has 1 heterocycles. The lowest BCUT2D eigenvalue weighted by atomic mass is 10.0. The standard InChI is InChI=1S/C17H18ClFN2O4/c18-12-8-11(3-4-13(12)19)21-6-5-14(16(21)23)20-15(22)9-1-2-10(7-9)17(24)25/h3-4,8-10,14H,1-2,5-7H2,(H,20,22)(H,24,25)/t9-,10+,14?/m0/s1. The van der Waals surface area contributed by atoms with Gasteiger partial charge >= 0.3 is 5.97 Å². The third-order valence-corrected chi connectivity index (χ3v) is 5.18. The average molecular weight is 369 g/mol. The van der Waals surface area contributed by atoms with E-state index in [4.69, 9.17) is 16.7 Å². The molecule has 1 aliphatic heterocycles. The number of halogens is 2. The zero-order valence-corrected chi connectivity index (χ0v) is 14.1. The summed E-state index contributed by atoms with van der Waals surface area (Å²) >= 11 is 5.76. The van der Waals surface area contributed by atoms with Gasteiger partial charge in [-0.1, -0.05) is 11.6 Å². The predicted octanol–water partition coefficient (Wildman–Crippen LogP) is 2.20. The summed E-state index contributed by atoms with van der Waals surface area (Å²) in [6, 6.07) is 3.40. The van der Waals surface area contributed by atoms with Crippen LogP contribution in [-0.4, -0.2) is 35.5 Å². The van der Waals surface area contributed by atoms with E-state index in [9.17, 15) is 18.8 Å². The molecule has 6 nitrogen and oxygen atoms in total. The van der Waals surface area contributed by atoms with Crippen molar-refractivity contribution in [3.63, 3.8) is 0 Å². The summed E-state index contributed by atoms with van der Waals surface area (Å²) < 4.78 is 13.3. The minimum atomic E-state index is -0.883. The highest BCUT2D eigenvalue weighted by Crippen LogP contribution is 2.32. The number of aliphatic carboxylic acids is 1. The first-order valence-corrected chi connectivity index (χ1v) is 8.54. The first kappa shape index (κ1) is 17.7. The molecule has 1 saturated carbocycles. The van der Waals surface area contributed by atoms with Crippen molar-refractivity contribution in [3.05, 3.63) is 29.0 Å². The molecule has 1 aromatic carbocycles.